The lowest BCUT2D eigenvalue weighted by atomic mass is 10.1. The number of ether oxygens (including phenoxy) is 2. The Kier molecular flexibility index (Phi) is 5.82. The van der Waals surface area contributed by atoms with E-state index in [1.165, 1.54) is 0 Å². The summed E-state index contributed by atoms with van der Waals surface area (Å²) in [6, 6.07) is 7.85. The van der Waals surface area contributed by atoms with Crippen LogP contribution in [0.3, 0.4) is 0 Å². The summed E-state index contributed by atoms with van der Waals surface area (Å²) in [6.07, 6.45) is 7.91. The first-order valence-corrected chi connectivity index (χ1v) is 8.58. The Bertz CT molecular complexity index is 676. The maximum absolute atomic E-state index is 12.5. The molecule has 0 spiro atoms. The van der Waals surface area contributed by atoms with E-state index in [4.69, 9.17) is 9.47 Å². The van der Waals surface area contributed by atoms with Gasteiger partial charge in [0.1, 0.15) is 11.9 Å². The summed E-state index contributed by atoms with van der Waals surface area (Å²) in [7, 11) is 1.65. The van der Waals surface area contributed by atoms with Crippen molar-refractivity contribution in [3.05, 3.63) is 48.4 Å². The van der Waals surface area contributed by atoms with Crippen molar-refractivity contribution in [1.82, 2.24) is 14.9 Å². The van der Waals surface area contributed by atoms with Gasteiger partial charge in [0.25, 0.3) is 0 Å². The summed E-state index contributed by atoms with van der Waals surface area (Å²) in [6.45, 7) is 1.40. The molecule has 1 aromatic carbocycles. The van der Waals surface area contributed by atoms with Crippen molar-refractivity contribution in [2.45, 2.75) is 31.8 Å². The van der Waals surface area contributed by atoms with E-state index in [9.17, 15) is 4.79 Å². The number of rotatable bonds is 6. The molecule has 1 saturated heterocycles. The molecule has 2 aromatic rings. The molecule has 1 fully saturated rings. The van der Waals surface area contributed by atoms with Gasteiger partial charge in [-0.05, 0) is 37.0 Å². The van der Waals surface area contributed by atoms with Crippen LogP contribution < -0.4 is 9.47 Å². The Balaban J connectivity index is 1.49. The number of amides is 1. The van der Waals surface area contributed by atoms with Crippen molar-refractivity contribution in [3.63, 3.8) is 0 Å². The average molecular weight is 341 g/mol. The van der Waals surface area contributed by atoms with Crippen molar-refractivity contribution < 1.29 is 14.3 Å². The van der Waals surface area contributed by atoms with Gasteiger partial charge in [0.2, 0.25) is 11.8 Å². The van der Waals surface area contributed by atoms with Crippen molar-refractivity contribution in [2.75, 3.05) is 20.2 Å². The zero-order valence-electron chi connectivity index (χ0n) is 14.4. The van der Waals surface area contributed by atoms with Crippen LogP contribution in [0, 0.1) is 0 Å². The number of carbonyl (C=O) groups excluding carboxylic acids is 1. The molecule has 6 heteroatoms. The Hall–Kier alpha value is -2.63. The molecule has 1 atom stereocenters. The number of hydrogen-bond acceptors (Lipinski definition) is 5. The number of aromatic nitrogens is 2. The Morgan fingerprint density at radius 3 is 2.84 bits per heavy atom. The third kappa shape index (κ3) is 4.92. The van der Waals surface area contributed by atoms with E-state index >= 15 is 0 Å². The Labute approximate surface area is 147 Å². The zero-order valence-corrected chi connectivity index (χ0v) is 14.4. The van der Waals surface area contributed by atoms with Crippen LogP contribution in [0.25, 0.3) is 0 Å². The molecule has 1 aliphatic heterocycles. The van der Waals surface area contributed by atoms with E-state index < -0.39 is 0 Å². The molecular formula is C19H23N3O3. The molecule has 0 bridgehead atoms. The first-order chi connectivity index (χ1) is 12.2. The fourth-order valence-corrected chi connectivity index (χ4v) is 2.98. The van der Waals surface area contributed by atoms with Gasteiger partial charge in [0.15, 0.2) is 0 Å². The number of hydrogen-bond donors (Lipinski definition) is 0. The minimum atomic E-state index is -0.0182. The summed E-state index contributed by atoms with van der Waals surface area (Å²) in [5.74, 6) is 1.51. The first kappa shape index (κ1) is 17.2. The molecule has 2 heterocycles. The van der Waals surface area contributed by atoms with Gasteiger partial charge in [-0.15, -0.1) is 0 Å². The van der Waals surface area contributed by atoms with Crippen molar-refractivity contribution in [2.24, 2.45) is 0 Å². The second-order valence-electron chi connectivity index (χ2n) is 6.11. The highest BCUT2D eigenvalue weighted by Crippen LogP contribution is 2.18. The van der Waals surface area contributed by atoms with Crippen LogP contribution in [-0.4, -0.2) is 47.1 Å². The predicted molar refractivity (Wildman–Crippen MR) is 93.6 cm³/mol. The van der Waals surface area contributed by atoms with Crippen LogP contribution >= 0.6 is 0 Å². The highest BCUT2D eigenvalue weighted by Gasteiger charge is 2.25. The van der Waals surface area contributed by atoms with Crippen molar-refractivity contribution in [3.8, 4) is 11.6 Å². The standard InChI is InChI=1S/C19H23N3O3/c1-24-16-7-4-15(5-8-16)6-9-19(23)22-12-2-3-17(14-22)25-18-13-20-10-11-21-18/h4-5,7-8,10-11,13,17H,2-3,6,9,12,14H2,1H3. The van der Waals surface area contributed by atoms with E-state index in [1.807, 2.05) is 29.2 Å². The molecule has 1 aromatic heterocycles. The van der Waals surface area contributed by atoms with Crippen molar-refractivity contribution in [1.29, 1.82) is 0 Å². The smallest absolute Gasteiger partial charge is 0.232 e. The molecular weight excluding hydrogens is 318 g/mol. The van der Waals surface area contributed by atoms with Gasteiger partial charge in [0, 0.05) is 25.4 Å². The van der Waals surface area contributed by atoms with Crippen molar-refractivity contribution >= 4 is 5.91 Å². The van der Waals surface area contributed by atoms with Crippen LogP contribution in [0.1, 0.15) is 24.8 Å². The summed E-state index contributed by atoms with van der Waals surface area (Å²) in [4.78, 5) is 22.5. The van der Waals surface area contributed by atoms with Crippen LogP contribution in [0.2, 0.25) is 0 Å². The topological polar surface area (TPSA) is 64.5 Å². The highest BCUT2D eigenvalue weighted by molar-refractivity contribution is 5.76. The van der Waals surface area contributed by atoms with Gasteiger partial charge < -0.3 is 14.4 Å². The quantitative estimate of drug-likeness (QED) is 0.808. The fraction of sp³-hybridized carbons (Fsp3) is 0.421. The lowest BCUT2D eigenvalue weighted by Crippen LogP contribution is -2.44. The maximum Gasteiger partial charge on any atom is 0.232 e. The number of carbonyl (C=O) groups is 1. The third-order valence-electron chi connectivity index (χ3n) is 4.34. The molecule has 0 aliphatic carbocycles. The van der Waals surface area contributed by atoms with Gasteiger partial charge in [0.05, 0.1) is 19.9 Å². The van der Waals surface area contributed by atoms with Gasteiger partial charge in [-0.3, -0.25) is 9.78 Å². The van der Waals surface area contributed by atoms with Gasteiger partial charge in [-0.1, -0.05) is 12.1 Å². The Morgan fingerprint density at radius 1 is 1.28 bits per heavy atom. The second-order valence-corrected chi connectivity index (χ2v) is 6.11. The van der Waals surface area contributed by atoms with Crippen LogP contribution in [0.15, 0.2) is 42.9 Å². The highest BCUT2D eigenvalue weighted by atomic mass is 16.5. The fourth-order valence-electron chi connectivity index (χ4n) is 2.98. The van der Waals surface area contributed by atoms with Crippen LogP contribution in [0.5, 0.6) is 11.6 Å². The predicted octanol–water partition coefficient (Wildman–Crippen LogP) is 2.49. The minimum Gasteiger partial charge on any atom is -0.497 e. The largest absolute Gasteiger partial charge is 0.497 e. The molecule has 25 heavy (non-hydrogen) atoms. The van der Waals surface area contributed by atoms with E-state index in [0.717, 1.165) is 37.1 Å². The molecule has 3 rings (SSSR count). The number of nitrogens with zero attached hydrogens (tertiary/aromatic N) is 3. The number of methoxy groups -OCH3 is 1. The van der Waals surface area contributed by atoms with Gasteiger partial charge in [-0.25, -0.2) is 4.98 Å². The molecule has 132 valence electrons. The average Bonchev–Trinajstić information content (AvgIpc) is 2.67. The van der Waals surface area contributed by atoms with Gasteiger partial charge >= 0.3 is 0 Å². The van der Waals surface area contributed by atoms with E-state index in [-0.39, 0.29) is 12.0 Å². The molecule has 0 radical (unpaired) electrons. The number of benzene rings is 1. The normalized spacial score (nSPS) is 17.2. The summed E-state index contributed by atoms with van der Waals surface area (Å²) in [5, 5.41) is 0. The van der Waals surface area contributed by atoms with E-state index in [1.54, 1.807) is 25.7 Å². The summed E-state index contributed by atoms with van der Waals surface area (Å²) < 4.78 is 11.0. The Morgan fingerprint density at radius 2 is 2.12 bits per heavy atom. The molecule has 1 unspecified atom stereocenters. The molecule has 6 nitrogen and oxygen atoms in total. The summed E-state index contributed by atoms with van der Waals surface area (Å²) >= 11 is 0. The molecule has 0 saturated carbocycles. The molecule has 1 aliphatic rings. The van der Waals surface area contributed by atoms with E-state index in [0.29, 0.717) is 18.8 Å². The zero-order chi connectivity index (χ0) is 17.5. The monoisotopic (exact) mass is 341 g/mol. The third-order valence-corrected chi connectivity index (χ3v) is 4.34. The lowest BCUT2D eigenvalue weighted by molar-refractivity contribution is -0.133. The molecule has 0 N–H and O–H groups in total. The number of aryl methyl sites for hydroxylation is 1. The molecule has 1 amide bonds. The lowest BCUT2D eigenvalue weighted by Gasteiger charge is -2.32. The second kappa shape index (κ2) is 8.46. The summed E-state index contributed by atoms with van der Waals surface area (Å²) in [5.41, 5.74) is 1.14. The van der Waals surface area contributed by atoms with Gasteiger partial charge in [-0.2, -0.15) is 0 Å². The SMILES string of the molecule is COc1ccc(CCC(=O)N2CCCC(Oc3cnccn3)C2)cc1. The number of piperidine rings is 1. The van der Waals surface area contributed by atoms with Crippen LogP contribution in [0.4, 0.5) is 0 Å². The number of likely N-dealkylation sites (tertiary alicyclic amines) is 1. The minimum absolute atomic E-state index is 0.0182. The van der Waals surface area contributed by atoms with E-state index in [2.05, 4.69) is 9.97 Å². The van der Waals surface area contributed by atoms with Crippen LogP contribution in [-0.2, 0) is 11.2 Å². The first-order valence-electron chi connectivity index (χ1n) is 8.58. The maximum atomic E-state index is 12.5.